The molecule has 0 aliphatic carbocycles. The average molecular weight is 415 g/mol. The molecule has 2 aromatic rings. The highest BCUT2D eigenvalue weighted by Crippen LogP contribution is 2.38. The Hall–Kier alpha value is -2.24. The molecule has 1 fully saturated rings. The SMILES string of the molecule is Cc1cccc(CN2CCC(NC(=O)Cc3cc(Cl)c4c(c3)OCCO4)CC2)c1. The number of ether oxygens (including phenoxy) is 2. The number of likely N-dealkylation sites (tertiary alicyclic amines) is 1. The molecular weight excluding hydrogens is 388 g/mol. The van der Waals surface area contributed by atoms with Gasteiger partial charge in [0.2, 0.25) is 5.91 Å². The Bertz CT molecular complexity index is 878. The number of aryl methyl sites for hydroxylation is 1. The maximum absolute atomic E-state index is 12.5. The summed E-state index contributed by atoms with van der Waals surface area (Å²) in [7, 11) is 0. The van der Waals surface area contributed by atoms with E-state index in [9.17, 15) is 4.79 Å². The number of carbonyl (C=O) groups excluding carboxylic acids is 1. The van der Waals surface area contributed by atoms with E-state index < -0.39 is 0 Å². The fraction of sp³-hybridized carbons (Fsp3) is 0.435. The lowest BCUT2D eigenvalue weighted by Gasteiger charge is -2.32. The second-order valence-electron chi connectivity index (χ2n) is 7.89. The van der Waals surface area contributed by atoms with E-state index in [2.05, 4.69) is 41.4 Å². The highest BCUT2D eigenvalue weighted by atomic mass is 35.5. The van der Waals surface area contributed by atoms with Gasteiger partial charge < -0.3 is 14.8 Å². The fourth-order valence-corrected chi connectivity index (χ4v) is 4.32. The van der Waals surface area contributed by atoms with Crippen LogP contribution in [0.25, 0.3) is 0 Å². The van der Waals surface area contributed by atoms with E-state index >= 15 is 0 Å². The zero-order chi connectivity index (χ0) is 20.2. The number of amides is 1. The maximum Gasteiger partial charge on any atom is 0.224 e. The zero-order valence-electron chi connectivity index (χ0n) is 16.7. The van der Waals surface area contributed by atoms with Crippen molar-refractivity contribution in [3.05, 3.63) is 58.1 Å². The lowest BCUT2D eigenvalue weighted by Crippen LogP contribution is -2.44. The van der Waals surface area contributed by atoms with Gasteiger partial charge >= 0.3 is 0 Å². The molecular formula is C23H27ClN2O3. The highest BCUT2D eigenvalue weighted by molar-refractivity contribution is 6.32. The second kappa shape index (κ2) is 9.06. The highest BCUT2D eigenvalue weighted by Gasteiger charge is 2.22. The molecule has 2 aliphatic rings. The van der Waals surface area contributed by atoms with Crippen LogP contribution in [0, 0.1) is 6.92 Å². The summed E-state index contributed by atoms with van der Waals surface area (Å²) in [4.78, 5) is 15.0. The largest absolute Gasteiger partial charge is 0.486 e. The van der Waals surface area contributed by atoms with Crippen LogP contribution in [0.2, 0.25) is 5.02 Å². The van der Waals surface area contributed by atoms with Gasteiger partial charge in [-0.25, -0.2) is 0 Å². The first kappa shape index (κ1) is 20.0. The van der Waals surface area contributed by atoms with Crippen LogP contribution < -0.4 is 14.8 Å². The number of nitrogens with one attached hydrogen (secondary N) is 1. The number of nitrogens with zero attached hydrogens (tertiary/aromatic N) is 1. The van der Waals surface area contributed by atoms with E-state index in [0.29, 0.717) is 36.2 Å². The Balaban J connectivity index is 1.26. The molecule has 2 heterocycles. The van der Waals surface area contributed by atoms with Crippen molar-refractivity contribution in [3.8, 4) is 11.5 Å². The van der Waals surface area contributed by atoms with Gasteiger partial charge in [-0.15, -0.1) is 0 Å². The lowest BCUT2D eigenvalue weighted by atomic mass is 10.0. The van der Waals surface area contributed by atoms with Gasteiger partial charge in [0.25, 0.3) is 0 Å². The summed E-state index contributed by atoms with van der Waals surface area (Å²) in [5, 5.41) is 3.67. The van der Waals surface area contributed by atoms with Crippen LogP contribution in [-0.4, -0.2) is 43.2 Å². The summed E-state index contributed by atoms with van der Waals surface area (Å²) < 4.78 is 11.1. The summed E-state index contributed by atoms with van der Waals surface area (Å²) in [5.41, 5.74) is 3.49. The predicted octanol–water partition coefficient (Wildman–Crippen LogP) is 3.74. The van der Waals surface area contributed by atoms with Gasteiger partial charge in [0.1, 0.15) is 13.2 Å². The van der Waals surface area contributed by atoms with Crippen molar-refractivity contribution in [1.82, 2.24) is 10.2 Å². The number of rotatable bonds is 5. The molecule has 2 aromatic carbocycles. The molecule has 0 spiro atoms. The topological polar surface area (TPSA) is 50.8 Å². The van der Waals surface area contributed by atoms with Crippen molar-refractivity contribution < 1.29 is 14.3 Å². The molecule has 6 heteroatoms. The van der Waals surface area contributed by atoms with Crippen LogP contribution >= 0.6 is 11.6 Å². The van der Waals surface area contributed by atoms with Crippen molar-refractivity contribution in [2.75, 3.05) is 26.3 Å². The molecule has 1 N–H and O–H groups in total. The molecule has 4 rings (SSSR count). The number of hydrogen-bond donors (Lipinski definition) is 1. The molecule has 29 heavy (non-hydrogen) atoms. The Labute approximate surface area is 176 Å². The van der Waals surface area contributed by atoms with Crippen molar-refractivity contribution in [3.63, 3.8) is 0 Å². The molecule has 1 amide bonds. The van der Waals surface area contributed by atoms with Gasteiger partial charge in [-0.1, -0.05) is 41.4 Å². The Morgan fingerprint density at radius 1 is 1.14 bits per heavy atom. The standard InChI is InChI=1S/C23H27ClN2O3/c1-16-3-2-4-17(11-16)15-26-7-5-19(6-8-26)25-22(27)14-18-12-20(24)23-21(13-18)28-9-10-29-23/h2-4,11-13,19H,5-10,14-15H2,1H3,(H,25,27). The van der Waals surface area contributed by atoms with Crippen molar-refractivity contribution in [1.29, 1.82) is 0 Å². The van der Waals surface area contributed by atoms with Crippen LogP contribution in [0.4, 0.5) is 0 Å². The van der Waals surface area contributed by atoms with E-state index in [0.717, 1.165) is 38.0 Å². The van der Waals surface area contributed by atoms with E-state index in [-0.39, 0.29) is 11.9 Å². The normalized spacial score (nSPS) is 17.2. The molecule has 0 atom stereocenters. The minimum Gasteiger partial charge on any atom is -0.486 e. The van der Waals surface area contributed by atoms with Crippen LogP contribution in [0.5, 0.6) is 11.5 Å². The molecule has 0 saturated carbocycles. The first-order valence-corrected chi connectivity index (χ1v) is 10.6. The molecule has 0 radical (unpaired) electrons. The van der Waals surface area contributed by atoms with Gasteiger partial charge in [0, 0.05) is 25.7 Å². The smallest absolute Gasteiger partial charge is 0.224 e. The molecule has 5 nitrogen and oxygen atoms in total. The fourth-order valence-electron chi connectivity index (χ4n) is 4.03. The van der Waals surface area contributed by atoms with E-state index in [1.165, 1.54) is 11.1 Å². The third kappa shape index (κ3) is 5.22. The minimum absolute atomic E-state index is 0.0230. The molecule has 154 valence electrons. The minimum atomic E-state index is 0.0230. The molecule has 1 saturated heterocycles. The van der Waals surface area contributed by atoms with Crippen LogP contribution in [-0.2, 0) is 17.8 Å². The van der Waals surface area contributed by atoms with Gasteiger partial charge in [-0.2, -0.15) is 0 Å². The number of fused-ring (bicyclic) bond motifs is 1. The van der Waals surface area contributed by atoms with Gasteiger partial charge in [-0.3, -0.25) is 9.69 Å². The third-order valence-electron chi connectivity index (χ3n) is 5.46. The molecule has 0 aromatic heterocycles. The van der Waals surface area contributed by atoms with E-state index in [1.807, 2.05) is 6.07 Å². The van der Waals surface area contributed by atoms with Gasteiger partial charge in [0.15, 0.2) is 11.5 Å². The summed E-state index contributed by atoms with van der Waals surface area (Å²) in [5.74, 6) is 1.22. The van der Waals surface area contributed by atoms with Crippen LogP contribution in [0.15, 0.2) is 36.4 Å². The lowest BCUT2D eigenvalue weighted by molar-refractivity contribution is -0.121. The number of carbonyl (C=O) groups is 1. The maximum atomic E-state index is 12.5. The Morgan fingerprint density at radius 3 is 2.72 bits per heavy atom. The summed E-state index contributed by atoms with van der Waals surface area (Å²) in [6, 6.07) is 12.5. The van der Waals surface area contributed by atoms with Crippen molar-refractivity contribution >= 4 is 17.5 Å². The summed E-state index contributed by atoms with van der Waals surface area (Å²) >= 11 is 6.27. The van der Waals surface area contributed by atoms with Gasteiger partial charge in [0.05, 0.1) is 11.4 Å². The van der Waals surface area contributed by atoms with Crippen LogP contribution in [0.3, 0.4) is 0 Å². The first-order chi connectivity index (χ1) is 14.1. The molecule has 0 unspecified atom stereocenters. The molecule has 0 bridgehead atoms. The Morgan fingerprint density at radius 2 is 1.93 bits per heavy atom. The van der Waals surface area contributed by atoms with Crippen molar-refractivity contribution in [2.45, 2.75) is 38.8 Å². The average Bonchev–Trinajstić information content (AvgIpc) is 2.69. The quantitative estimate of drug-likeness (QED) is 0.809. The summed E-state index contributed by atoms with van der Waals surface area (Å²) in [6.07, 6.45) is 2.23. The number of benzene rings is 2. The number of halogens is 1. The third-order valence-corrected chi connectivity index (χ3v) is 5.74. The summed E-state index contributed by atoms with van der Waals surface area (Å²) in [6.45, 7) is 6.08. The Kier molecular flexibility index (Phi) is 6.26. The number of hydrogen-bond acceptors (Lipinski definition) is 4. The second-order valence-corrected chi connectivity index (χ2v) is 8.29. The van der Waals surface area contributed by atoms with Gasteiger partial charge in [-0.05, 0) is 43.0 Å². The van der Waals surface area contributed by atoms with E-state index in [4.69, 9.17) is 21.1 Å². The first-order valence-electron chi connectivity index (χ1n) is 10.2. The zero-order valence-corrected chi connectivity index (χ0v) is 17.5. The van der Waals surface area contributed by atoms with Crippen molar-refractivity contribution in [2.24, 2.45) is 0 Å². The molecule has 2 aliphatic heterocycles. The number of piperidine rings is 1. The van der Waals surface area contributed by atoms with E-state index in [1.54, 1.807) is 6.07 Å². The monoisotopic (exact) mass is 414 g/mol. The van der Waals surface area contributed by atoms with Crippen LogP contribution in [0.1, 0.15) is 29.5 Å². The predicted molar refractivity (Wildman–Crippen MR) is 114 cm³/mol.